The minimum atomic E-state index is -0.651. The Labute approximate surface area is 259 Å². The summed E-state index contributed by atoms with van der Waals surface area (Å²) >= 11 is 0. The summed E-state index contributed by atoms with van der Waals surface area (Å²) in [5.41, 5.74) is 4.02. The van der Waals surface area contributed by atoms with Crippen LogP contribution in [0.1, 0.15) is 35.1 Å². The number of ether oxygens (including phenoxy) is 4. The molecule has 1 saturated heterocycles. The molecule has 1 aliphatic rings. The molecule has 2 amide bonds. The van der Waals surface area contributed by atoms with Crippen molar-refractivity contribution in [2.45, 2.75) is 57.6 Å². The Morgan fingerprint density at radius 1 is 0.545 bits per heavy atom. The van der Waals surface area contributed by atoms with Gasteiger partial charge in [-0.1, -0.05) is 121 Å². The van der Waals surface area contributed by atoms with Gasteiger partial charge in [0.2, 0.25) is 11.8 Å². The summed E-state index contributed by atoms with van der Waals surface area (Å²) in [5, 5.41) is 2.43. The Bertz CT molecular complexity index is 1400. The van der Waals surface area contributed by atoms with Gasteiger partial charge in [0.15, 0.2) is 0 Å². The van der Waals surface area contributed by atoms with Crippen LogP contribution in [0.25, 0.3) is 0 Å². The number of hydrogen-bond donors (Lipinski definition) is 1. The van der Waals surface area contributed by atoms with E-state index in [1.54, 1.807) is 0 Å². The lowest BCUT2D eigenvalue weighted by Gasteiger charge is -2.38. The highest BCUT2D eigenvalue weighted by molar-refractivity contribution is 5.97. The van der Waals surface area contributed by atoms with Crippen molar-refractivity contribution >= 4 is 11.8 Å². The van der Waals surface area contributed by atoms with Crippen LogP contribution >= 0.6 is 0 Å². The molecular formula is C37H39NO6. The molecule has 1 heterocycles. The molecule has 0 bridgehead atoms. The standard InChI is InChI=1S/C37H39NO6/c39-34-21-32(22-35(40)38-34)36(43-25-30-17-9-3-10-18-30)37(44-26-31-19-11-4-12-20-31)33(42-24-29-15-7-2-8-16-29)27-41-23-28-13-5-1-6-14-28/h1-20,32-33,36-37H,21-27H2,(H,38,39,40)/t33-,36+,37+/m0/s1. The molecule has 7 heteroatoms. The van der Waals surface area contributed by atoms with Crippen LogP contribution in [0.2, 0.25) is 0 Å². The fraction of sp³-hybridized carbons (Fsp3) is 0.297. The smallest absolute Gasteiger partial charge is 0.226 e. The lowest BCUT2D eigenvalue weighted by atomic mass is 9.86. The highest BCUT2D eigenvalue weighted by Gasteiger charge is 2.41. The number of hydrogen-bond acceptors (Lipinski definition) is 6. The second-order valence-electron chi connectivity index (χ2n) is 11.0. The number of piperidine rings is 1. The summed E-state index contributed by atoms with van der Waals surface area (Å²) in [6.07, 6.45) is -1.56. The van der Waals surface area contributed by atoms with Gasteiger partial charge in [0.05, 0.1) is 39.1 Å². The van der Waals surface area contributed by atoms with Gasteiger partial charge >= 0.3 is 0 Å². The van der Waals surface area contributed by atoms with E-state index in [9.17, 15) is 9.59 Å². The van der Waals surface area contributed by atoms with Crippen molar-refractivity contribution in [3.63, 3.8) is 0 Å². The van der Waals surface area contributed by atoms with Gasteiger partial charge in [0, 0.05) is 18.8 Å². The summed E-state index contributed by atoms with van der Waals surface area (Å²) in [6, 6.07) is 39.6. The topological polar surface area (TPSA) is 83.1 Å². The first kappa shape index (κ1) is 31.3. The number of amides is 2. The molecule has 44 heavy (non-hydrogen) atoms. The highest BCUT2D eigenvalue weighted by atomic mass is 16.6. The quantitative estimate of drug-likeness (QED) is 0.160. The number of carbonyl (C=O) groups excluding carboxylic acids is 2. The number of benzene rings is 4. The van der Waals surface area contributed by atoms with Crippen molar-refractivity contribution in [3.05, 3.63) is 144 Å². The fourth-order valence-electron chi connectivity index (χ4n) is 5.37. The molecule has 0 aromatic heterocycles. The Morgan fingerprint density at radius 3 is 1.43 bits per heavy atom. The first-order valence-corrected chi connectivity index (χ1v) is 15.0. The molecule has 1 aliphatic heterocycles. The van der Waals surface area contributed by atoms with E-state index < -0.39 is 24.2 Å². The number of rotatable bonds is 16. The molecule has 7 nitrogen and oxygen atoms in total. The minimum Gasteiger partial charge on any atom is -0.374 e. The molecule has 228 valence electrons. The average Bonchev–Trinajstić information content (AvgIpc) is 3.06. The largest absolute Gasteiger partial charge is 0.374 e. The van der Waals surface area contributed by atoms with Crippen molar-refractivity contribution in [1.29, 1.82) is 0 Å². The van der Waals surface area contributed by atoms with Crippen molar-refractivity contribution < 1.29 is 28.5 Å². The lowest BCUT2D eigenvalue weighted by Crippen LogP contribution is -2.52. The minimum absolute atomic E-state index is 0.146. The zero-order valence-electron chi connectivity index (χ0n) is 24.8. The maximum Gasteiger partial charge on any atom is 0.226 e. The zero-order chi connectivity index (χ0) is 30.4. The Morgan fingerprint density at radius 2 is 0.955 bits per heavy atom. The van der Waals surface area contributed by atoms with Crippen LogP contribution in [-0.4, -0.2) is 36.7 Å². The summed E-state index contributed by atoms with van der Waals surface area (Å²) in [4.78, 5) is 25.2. The molecule has 1 fully saturated rings. The van der Waals surface area contributed by atoms with Gasteiger partial charge in [-0.2, -0.15) is 0 Å². The molecule has 0 spiro atoms. The SMILES string of the molecule is O=C1CC([C@@H](OCc2ccccc2)[C@H](OCc2ccccc2)[C@H](COCc2ccccc2)OCc2ccccc2)CC(=O)N1. The summed E-state index contributed by atoms with van der Waals surface area (Å²) in [6.45, 7) is 1.55. The van der Waals surface area contributed by atoms with E-state index in [-0.39, 0.29) is 31.3 Å². The molecule has 0 saturated carbocycles. The molecule has 0 aliphatic carbocycles. The Balaban J connectivity index is 1.45. The Kier molecular flexibility index (Phi) is 11.8. The molecule has 4 aromatic carbocycles. The first-order valence-electron chi connectivity index (χ1n) is 15.0. The van der Waals surface area contributed by atoms with E-state index in [1.807, 2.05) is 121 Å². The second-order valence-corrected chi connectivity index (χ2v) is 11.0. The summed E-state index contributed by atoms with van der Waals surface area (Å²) in [5.74, 6) is -1.04. The normalized spacial score (nSPS) is 15.8. The third-order valence-corrected chi connectivity index (χ3v) is 7.60. The average molecular weight is 594 g/mol. The number of nitrogens with one attached hydrogen (secondary N) is 1. The van der Waals surface area contributed by atoms with Gasteiger partial charge in [0.1, 0.15) is 12.2 Å². The van der Waals surface area contributed by atoms with Gasteiger partial charge < -0.3 is 18.9 Å². The molecule has 1 N–H and O–H groups in total. The second kappa shape index (κ2) is 16.6. The van der Waals surface area contributed by atoms with Gasteiger partial charge in [-0.3, -0.25) is 14.9 Å². The molecule has 5 rings (SSSR count). The highest BCUT2D eigenvalue weighted by Crippen LogP contribution is 2.29. The summed E-state index contributed by atoms with van der Waals surface area (Å²) in [7, 11) is 0. The van der Waals surface area contributed by atoms with Crippen LogP contribution in [0.5, 0.6) is 0 Å². The van der Waals surface area contributed by atoms with Crippen molar-refractivity contribution in [3.8, 4) is 0 Å². The first-order chi connectivity index (χ1) is 21.6. The van der Waals surface area contributed by atoms with E-state index in [0.29, 0.717) is 26.4 Å². The predicted octanol–water partition coefficient (Wildman–Crippen LogP) is 6.01. The summed E-state index contributed by atoms with van der Waals surface area (Å²) < 4.78 is 26.1. The number of imide groups is 1. The van der Waals surface area contributed by atoms with Gasteiger partial charge in [0.25, 0.3) is 0 Å². The molecule has 4 aromatic rings. The van der Waals surface area contributed by atoms with Crippen molar-refractivity contribution in [1.82, 2.24) is 5.32 Å². The predicted molar refractivity (Wildman–Crippen MR) is 167 cm³/mol. The molecule has 3 atom stereocenters. The molecular weight excluding hydrogens is 554 g/mol. The maximum atomic E-state index is 12.6. The van der Waals surface area contributed by atoms with Crippen molar-refractivity contribution in [2.24, 2.45) is 5.92 Å². The van der Waals surface area contributed by atoms with Crippen LogP contribution < -0.4 is 5.32 Å². The van der Waals surface area contributed by atoms with Crippen LogP contribution in [0.4, 0.5) is 0 Å². The lowest BCUT2D eigenvalue weighted by molar-refractivity contribution is -0.184. The third-order valence-electron chi connectivity index (χ3n) is 7.60. The van der Waals surface area contributed by atoms with Gasteiger partial charge in [-0.15, -0.1) is 0 Å². The van der Waals surface area contributed by atoms with E-state index in [2.05, 4.69) is 5.32 Å². The van der Waals surface area contributed by atoms with Crippen LogP contribution in [0, 0.1) is 5.92 Å². The van der Waals surface area contributed by atoms with Gasteiger partial charge in [-0.25, -0.2) is 0 Å². The van der Waals surface area contributed by atoms with E-state index >= 15 is 0 Å². The zero-order valence-corrected chi connectivity index (χ0v) is 24.8. The van der Waals surface area contributed by atoms with Crippen molar-refractivity contribution in [2.75, 3.05) is 6.61 Å². The van der Waals surface area contributed by atoms with Crippen LogP contribution in [0.3, 0.4) is 0 Å². The Hall–Kier alpha value is -4.14. The fourth-order valence-corrected chi connectivity index (χ4v) is 5.37. The third kappa shape index (κ3) is 9.69. The van der Waals surface area contributed by atoms with E-state index in [4.69, 9.17) is 18.9 Å². The van der Waals surface area contributed by atoms with E-state index in [1.165, 1.54) is 0 Å². The van der Waals surface area contributed by atoms with Crippen LogP contribution in [-0.2, 0) is 55.0 Å². The maximum absolute atomic E-state index is 12.6. The number of carbonyl (C=O) groups is 2. The molecule has 0 unspecified atom stereocenters. The van der Waals surface area contributed by atoms with Crippen LogP contribution in [0.15, 0.2) is 121 Å². The van der Waals surface area contributed by atoms with E-state index in [0.717, 1.165) is 22.3 Å². The molecule has 0 radical (unpaired) electrons. The monoisotopic (exact) mass is 593 g/mol. The van der Waals surface area contributed by atoms with Gasteiger partial charge in [-0.05, 0) is 22.3 Å².